The van der Waals surface area contributed by atoms with Gasteiger partial charge < -0.3 is 0 Å². The third kappa shape index (κ3) is 1.39. The quantitative estimate of drug-likeness (QED) is 0.602. The predicted octanol–water partition coefficient (Wildman–Crippen LogP) is 1.45. The van der Waals surface area contributed by atoms with E-state index in [1.165, 1.54) is 0 Å². The Hall–Kier alpha value is -1.12. The topological polar surface area (TPSA) is 34.9 Å². The Bertz CT molecular complexity index is 381. The Morgan fingerprint density at radius 1 is 1.62 bits per heavy atom. The molecule has 2 rings (SSSR count). The van der Waals surface area contributed by atoms with Gasteiger partial charge in [0.05, 0.1) is 0 Å². The average Bonchev–Trinajstić information content (AvgIpc) is 2.02. The monoisotopic (exact) mass is 178 g/mol. The van der Waals surface area contributed by atoms with E-state index in [1.807, 2.05) is 11.5 Å². The molecule has 0 fully saturated rings. The minimum absolute atomic E-state index is 0.106. The average molecular weight is 178 g/mol. The second-order valence-corrected chi connectivity index (χ2v) is 3.76. The molecule has 2 heterocycles. The van der Waals surface area contributed by atoms with Crippen LogP contribution in [-0.4, -0.2) is 9.55 Å². The summed E-state index contributed by atoms with van der Waals surface area (Å²) in [5.41, 5.74) is 0.944. The van der Waals surface area contributed by atoms with E-state index in [0.717, 1.165) is 30.8 Å². The summed E-state index contributed by atoms with van der Waals surface area (Å²) in [6, 6.07) is 1.94. The number of hydrogen-bond donors (Lipinski definition) is 0. The van der Waals surface area contributed by atoms with Crippen LogP contribution < -0.4 is 5.56 Å². The van der Waals surface area contributed by atoms with Crippen molar-refractivity contribution in [3.63, 3.8) is 0 Å². The fraction of sp³-hybridized carbons (Fsp3) is 0.600. The molecule has 1 aliphatic heterocycles. The molecule has 0 spiro atoms. The van der Waals surface area contributed by atoms with E-state index in [9.17, 15) is 4.79 Å². The van der Waals surface area contributed by atoms with Crippen LogP contribution in [0.1, 0.15) is 37.3 Å². The highest BCUT2D eigenvalue weighted by molar-refractivity contribution is 5.05. The molecule has 1 atom stereocenters. The largest absolute Gasteiger partial charge is 0.294 e. The van der Waals surface area contributed by atoms with Gasteiger partial charge in [-0.1, -0.05) is 0 Å². The van der Waals surface area contributed by atoms with Crippen LogP contribution in [0, 0.1) is 6.92 Å². The Labute approximate surface area is 77.4 Å². The zero-order valence-electron chi connectivity index (χ0n) is 8.08. The van der Waals surface area contributed by atoms with Gasteiger partial charge >= 0.3 is 0 Å². The standard InChI is InChI=1S/C10H14N2O/c1-7-6-10(13)12-8(2)4-3-5-9(12)11-7/h6,8H,3-5H2,1-2H3. The van der Waals surface area contributed by atoms with Gasteiger partial charge in [0.2, 0.25) is 0 Å². The highest BCUT2D eigenvalue weighted by Gasteiger charge is 2.17. The molecule has 3 nitrogen and oxygen atoms in total. The summed E-state index contributed by atoms with van der Waals surface area (Å²) >= 11 is 0. The molecule has 1 aromatic heterocycles. The van der Waals surface area contributed by atoms with Crippen LogP contribution in [0.4, 0.5) is 0 Å². The lowest BCUT2D eigenvalue weighted by atomic mass is 10.1. The molecule has 1 aromatic rings. The van der Waals surface area contributed by atoms with Crippen molar-refractivity contribution in [2.45, 2.75) is 39.2 Å². The van der Waals surface area contributed by atoms with Crippen molar-refractivity contribution in [2.75, 3.05) is 0 Å². The van der Waals surface area contributed by atoms with Gasteiger partial charge in [-0.15, -0.1) is 0 Å². The number of aromatic nitrogens is 2. The second-order valence-electron chi connectivity index (χ2n) is 3.76. The molecule has 1 aliphatic rings. The first kappa shape index (κ1) is 8.48. The predicted molar refractivity (Wildman–Crippen MR) is 50.9 cm³/mol. The number of rotatable bonds is 0. The number of nitrogens with zero attached hydrogens (tertiary/aromatic N) is 2. The maximum Gasteiger partial charge on any atom is 0.253 e. The summed E-state index contributed by atoms with van der Waals surface area (Å²) in [5, 5.41) is 0. The first-order valence-electron chi connectivity index (χ1n) is 4.77. The van der Waals surface area contributed by atoms with Crippen LogP contribution >= 0.6 is 0 Å². The van der Waals surface area contributed by atoms with E-state index >= 15 is 0 Å². The maximum atomic E-state index is 11.6. The van der Waals surface area contributed by atoms with E-state index in [2.05, 4.69) is 11.9 Å². The highest BCUT2D eigenvalue weighted by atomic mass is 16.1. The van der Waals surface area contributed by atoms with Gasteiger partial charge in [0.15, 0.2) is 0 Å². The molecule has 3 heteroatoms. The fourth-order valence-corrected chi connectivity index (χ4v) is 2.00. The molecule has 0 amide bonds. The lowest BCUT2D eigenvalue weighted by Crippen LogP contribution is -2.30. The first-order valence-corrected chi connectivity index (χ1v) is 4.77. The Balaban J connectivity index is 2.63. The lowest BCUT2D eigenvalue weighted by Gasteiger charge is -2.23. The van der Waals surface area contributed by atoms with Gasteiger partial charge in [0, 0.05) is 24.2 Å². The highest BCUT2D eigenvalue weighted by Crippen LogP contribution is 2.20. The van der Waals surface area contributed by atoms with Gasteiger partial charge in [0.25, 0.3) is 5.56 Å². The van der Waals surface area contributed by atoms with E-state index in [0.29, 0.717) is 6.04 Å². The smallest absolute Gasteiger partial charge is 0.253 e. The van der Waals surface area contributed by atoms with Crippen LogP contribution in [0.15, 0.2) is 10.9 Å². The molecule has 0 bridgehead atoms. The molecule has 70 valence electrons. The van der Waals surface area contributed by atoms with Crippen molar-refractivity contribution < 1.29 is 0 Å². The summed E-state index contributed by atoms with van der Waals surface area (Å²) in [4.78, 5) is 16.0. The number of fused-ring (bicyclic) bond motifs is 1. The molecule has 0 aromatic carbocycles. The van der Waals surface area contributed by atoms with Gasteiger partial charge in [-0.05, 0) is 26.7 Å². The van der Waals surface area contributed by atoms with Crippen molar-refractivity contribution >= 4 is 0 Å². The molecule has 0 saturated heterocycles. The van der Waals surface area contributed by atoms with Gasteiger partial charge in [0.1, 0.15) is 5.82 Å². The zero-order chi connectivity index (χ0) is 9.42. The van der Waals surface area contributed by atoms with Crippen molar-refractivity contribution in [2.24, 2.45) is 0 Å². The van der Waals surface area contributed by atoms with E-state index in [-0.39, 0.29) is 5.56 Å². The zero-order valence-corrected chi connectivity index (χ0v) is 8.08. The summed E-state index contributed by atoms with van der Waals surface area (Å²) in [6.45, 7) is 3.96. The van der Waals surface area contributed by atoms with E-state index in [4.69, 9.17) is 0 Å². The summed E-state index contributed by atoms with van der Waals surface area (Å²) in [7, 11) is 0. The third-order valence-electron chi connectivity index (χ3n) is 2.62. The minimum Gasteiger partial charge on any atom is -0.294 e. The molecule has 0 saturated carbocycles. The third-order valence-corrected chi connectivity index (χ3v) is 2.62. The Morgan fingerprint density at radius 3 is 3.15 bits per heavy atom. The normalized spacial score (nSPS) is 21.2. The molecule has 0 radical (unpaired) electrons. The van der Waals surface area contributed by atoms with Crippen molar-refractivity contribution in [3.8, 4) is 0 Å². The minimum atomic E-state index is 0.106. The Morgan fingerprint density at radius 2 is 2.38 bits per heavy atom. The SMILES string of the molecule is Cc1cc(=O)n2c(n1)CCCC2C. The van der Waals surface area contributed by atoms with Crippen LogP contribution in [0.2, 0.25) is 0 Å². The number of hydrogen-bond acceptors (Lipinski definition) is 2. The van der Waals surface area contributed by atoms with Crippen molar-refractivity contribution in [1.29, 1.82) is 0 Å². The van der Waals surface area contributed by atoms with E-state index in [1.54, 1.807) is 6.07 Å². The van der Waals surface area contributed by atoms with Crippen molar-refractivity contribution in [3.05, 3.63) is 27.9 Å². The van der Waals surface area contributed by atoms with Crippen LogP contribution in [-0.2, 0) is 6.42 Å². The van der Waals surface area contributed by atoms with Crippen LogP contribution in [0.3, 0.4) is 0 Å². The maximum absolute atomic E-state index is 11.6. The molecule has 0 N–H and O–H groups in total. The summed E-state index contributed by atoms with van der Waals surface area (Å²) < 4.78 is 1.83. The summed E-state index contributed by atoms with van der Waals surface area (Å²) in [6.07, 6.45) is 3.19. The first-order chi connectivity index (χ1) is 6.18. The summed E-state index contributed by atoms with van der Waals surface area (Å²) in [5.74, 6) is 0.962. The van der Waals surface area contributed by atoms with Crippen LogP contribution in [0.5, 0.6) is 0 Å². The van der Waals surface area contributed by atoms with Crippen LogP contribution in [0.25, 0.3) is 0 Å². The molecular formula is C10H14N2O. The number of aryl methyl sites for hydroxylation is 2. The van der Waals surface area contributed by atoms with Gasteiger partial charge in [-0.25, -0.2) is 4.98 Å². The molecule has 0 aliphatic carbocycles. The van der Waals surface area contributed by atoms with Gasteiger partial charge in [-0.2, -0.15) is 0 Å². The lowest BCUT2D eigenvalue weighted by molar-refractivity contribution is 0.404. The Kier molecular flexibility index (Phi) is 1.94. The molecular weight excluding hydrogens is 164 g/mol. The van der Waals surface area contributed by atoms with Crippen molar-refractivity contribution in [1.82, 2.24) is 9.55 Å². The van der Waals surface area contributed by atoms with E-state index < -0.39 is 0 Å². The second kappa shape index (κ2) is 2.98. The molecule has 1 unspecified atom stereocenters. The molecule has 13 heavy (non-hydrogen) atoms. The van der Waals surface area contributed by atoms with Gasteiger partial charge in [-0.3, -0.25) is 9.36 Å². The fourth-order valence-electron chi connectivity index (χ4n) is 2.00.